The fourth-order valence-corrected chi connectivity index (χ4v) is 0.997. The quantitative estimate of drug-likeness (QED) is 0.783. The summed E-state index contributed by atoms with van der Waals surface area (Å²) in [6, 6.07) is 1.81. The molecule has 0 bridgehead atoms. The summed E-state index contributed by atoms with van der Waals surface area (Å²) in [6.07, 6.45) is 3.18. The lowest BCUT2D eigenvalue weighted by Crippen LogP contribution is -2.37. The van der Waals surface area contributed by atoms with Gasteiger partial charge in [0, 0.05) is 18.0 Å². The molecule has 0 unspecified atom stereocenters. The molecule has 1 rings (SSSR count). The van der Waals surface area contributed by atoms with Gasteiger partial charge in [-0.2, -0.15) is 0 Å². The van der Waals surface area contributed by atoms with Crippen LogP contribution >= 0.6 is 11.6 Å². The van der Waals surface area contributed by atoms with E-state index in [1.807, 2.05) is 19.9 Å². The molecule has 3 nitrogen and oxygen atoms in total. The van der Waals surface area contributed by atoms with E-state index in [1.165, 1.54) is 0 Å². The minimum absolute atomic E-state index is 0.0475. The highest BCUT2D eigenvalue weighted by molar-refractivity contribution is 6.19. The predicted molar refractivity (Wildman–Crippen MR) is 55.1 cm³/mol. The van der Waals surface area contributed by atoms with Crippen molar-refractivity contribution < 1.29 is 9.21 Å². The standard InChI is InChI=1S/C10H14ClNO2/c1-10(2,7-11)9(13)12-5-8-3-4-14-6-8/h3-4,6H,5,7H2,1-2H3,(H,12,13). The summed E-state index contributed by atoms with van der Waals surface area (Å²) in [5.41, 5.74) is 0.425. The molecule has 4 heteroatoms. The molecule has 0 radical (unpaired) electrons. The Kier molecular flexibility index (Phi) is 3.58. The van der Waals surface area contributed by atoms with Gasteiger partial charge in [-0.15, -0.1) is 11.6 Å². The van der Waals surface area contributed by atoms with E-state index in [-0.39, 0.29) is 5.91 Å². The van der Waals surface area contributed by atoms with Crippen LogP contribution in [0.3, 0.4) is 0 Å². The van der Waals surface area contributed by atoms with Crippen molar-refractivity contribution in [2.75, 3.05) is 5.88 Å². The van der Waals surface area contributed by atoms with Gasteiger partial charge < -0.3 is 9.73 Å². The van der Waals surface area contributed by atoms with E-state index < -0.39 is 5.41 Å². The third kappa shape index (κ3) is 2.77. The molecule has 1 N–H and O–H groups in total. The first-order valence-electron chi connectivity index (χ1n) is 4.41. The summed E-state index contributed by atoms with van der Waals surface area (Å²) < 4.78 is 4.88. The molecule has 1 aromatic heterocycles. The highest BCUT2D eigenvalue weighted by Gasteiger charge is 2.25. The van der Waals surface area contributed by atoms with E-state index in [1.54, 1.807) is 12.5 Å². The number of halogens is 1. The third-order valence-corrected chi connectivity index (χ3v) is 2.65. The van der Waals surface area contributed by atoms with Gasteiger partial charge in [0.1, 0.15) is 0 Å². The maximum Gasteiger partial charge on any atom is 0.227 e. The number of amides is 1. The lowest BCUT2D eigenvalue weighted by atomic mass is 9.95. The van der Waals surface area contributed by atoms with Crippen molar-refractivity contribution in [3.8, 4) is 0 Å². The molecule has 0 aliphatic heterocycles. The fraction of sp³-hybridized carbons (Fsp3) is 0.500. The van der Waals surface area contributed by atoms with Gasteiger partial charge in [-0.05, 0) is 19.9 Å². The Morgan fingerprint density at radius 3 is 2.86 bits per heavy atom. The van der Waals surface area contributed by atoms with Crippen LogP contribution in [0.4, 0.5) is 0 Å². The minimum Gasteiger partial charge on any atom is -0.472 e. The van der Waals surface area contributed by atoms with Gasteiger partial charge in [0.05, 0.1) is 17.9 Å². The van der Waals surface area contributed by atoms with E-state index >= 15 is 0 Å². The van der Waals surface area contributed by atoms with E-state index in [4.69, 9.17) is 16.0 Å². The summed E-state index contributed by atoms with van der Waals surface area (Å²) >= 11 is 5.67. The van der Waals surface area contributed by atoms with Crippen LogP contribution in [0, 0.1) is 5.41 Å². The van der Waals surface area contributed by atoms with Crippen molar-refractivity contribution >= 4 is 17.5 Å². The van der Waals surface area contributed by atoms with Crippen molar-refractivity contribution in [1.29, 1.82) is 0 Å². The van der Waals surface area contributed by atoms with Gasteiger partial charge >= 0.3 is 0 Å². The van der Waals surface area contributed by atoms with Crippen molar-refractivity contribution in [2.45, 2.75) is 20.4 Å². The summed E-state index contributed by atoms with van der Waals surface area (Å²) in [5, 5.41) is 2.79. The molecule has 78 valence electrons. The van der Waals surface area contributed by atoms with Crippen LogP contribution in [-0.4, -0.2) is 11.8 Å². The fourth-order valence-electron chi connectivity index (χ4n) is 0.876. The Bertz CT molecular complexity index is 293. The number of hydrogen-bond donors (Lipinski definition) is 1. The Labute approximate surface area is 88.4 Å². The first kappa shape index (κ1) is 11.1. The van der Waals surface area contributed by atoms with Crippen LogP contribution in [0.25, 0.3) is 0 Å². The van der Waals surface area contributed by atoms with E-state index in [0.717, 1.165) is 5.56 Å². The van der Waals surface area contributed by atoms with Crippen LogP contribution in [0.15, 0.2) is 23.0 Å². The minimum atomic E-state index is -0.523. The zero-order valence-electron chi connectivity index (χ0n) is 8.34. The second kappa shape index (κ2) is 4.51. The zero-order chi connectivity index (χ0) is 10.6. The van der Waals surface area contributed by atoms with Gasteiger partial charge in [0.25, 0.3) is 0 Å². The molecule has 0 atom stereocenters. The molecule has 0 spiro atoms. The van der Waals surface area contributed by atoms with Crippen LogP contribution in [0.2, 0.25) is 0 Å². The largest absolute Gasteiger partial charge is 0.472 e. The second-order valence-corrected chi connectivity index (χ2v) is 4.10. The Hall–Kier alpha value is -0.960. The van der Waals surface area contributed by atoms with Crippen LogP contribution in [0.1, 0.15) is 19.4 Å². The lowest BCUT2D eigenvalue weighted by Gasteiger charge is -2.19. The molecule has 0 aliphatic carbocycles. The molecule has 0 aliphatic rings. The molecular formula is C10H14ClNO2. The first-order chi connectivity index (χ1) is 6.56. The molecule has 1 heterocycles. The summed E-state index contributed by atoms with van der Waals surface area (Å²) in [5.74, 6) is 0.262. The summed E-state index contributed by atoms with van der Waals surface area (Å²) in [4.78, 5) is 11.6. The number of carbonyl (C=O) groups is 1. The average Bonchev–Trinajstić information content (AvgIpc) is 2.66. The lowest BCUT2D eigenvalue weighted by molar-refractivity contribution is -0.128. The van der Waals surface area contributed by atoms with E-state index in [0.29, 0.717) is 12.4 Å². The number of rotatable bonds is 4. The molecule has 14 heavy (non-hydrogen) atoms. The molecule has 0 fully saturated rings. The van der Waals surface area contributed by atoms with Crippen LogP contribution in [0.5, 0.6) is 0 Å². The Balaban J connectivity index is 2.43. The SMILES string of the molecule is CC(C)(CCl)C(=O)NCc1ccoc1. The molecule has 0 aromatic carbocycles. The zero-order valence-corrected chi connectivity index (χ0v) is 9.10. The Morgan fingerprint density at radius 2 is 2.36 bits per heavy atom. The van der Waals surface area contributed by atoms with Gasteiger partial charge in [-0.3, -0.25) is 4.79 Å². The van der Waals surface area contributed by atoms with Crippen molar-refractivity contribution in [1.82, 2.24) is 5.32 Å². The van der Waals surface area contributed by atoms with Gasteiger partial charge in [0.15, 0.2) is 0 Å². The normalized spacial score (nSPS) is 11.4. The number of hydrogen-bond acceptors (Lipinski definition) is 2. The van der Waals surface area contributed by atoms with Crippen molar-refractivity contribution in [2.24, 2.45) is 5.41 Å². The smallest absolute Gasteiger partial charge is 0.227 e. The maximum atomic E-state index is 11.6. The second-order valence-electron chi connectivity index (χ2n) is 3.83. The molecule has 0 saturated carbocycles. The number of carbonyl (C=O) groups excluding carboxylic acids is 1. The van der Waals surface area contributed by atoms with Gasteiger partial charge in [-0.25, -0.2) is 0 Å². The van der Waals surface area contributed by atoms with E-state index in [2.05, 4.69) is 5.32 Å². The average molecular weight is 216 g/mol. The number of furan rings is 1. The van der Waals surface area contributed by atoms with Gasteiger partial charge in [0.2, 0.25) is 5.91 Å². The monoisotopic (exact) mass is 215 g/mol. The molecule has 1 amide bonds. The molecule has 1 aromatic rings. The number of nitrogens with one attached hydrogen (secondary N) is 1. The van der Waals surface area contributed by atoms with Crippen molar-refractivity contribution in [3.05, 3.63) is 24.2 Å². The predicted octanol–water partition coefficient (Wildman–Crippen LogP) is 2.16. The topological polar surface area (TPSA) is 42.2 Å². The van der Waals surface area contributed by atoms with Crippen LogP contribution in [-0.2, 0) is 11.3 Å². The highest BCUT2D eigenvalue weighted by atomic mass is 35.5. The Morgan fingerprint density at radius 1 is 1.64 bits per heavy atom. The highest BCUT2D eigenvalue weighted by Crippen LogP contribution is 2.17. The molecule has 0 saturated heterocycles. The molecular weight excluding hydrogens is 202 g/mol. The summed E-state index contributed by atoms with van der Waals surface area (Å²) in [6.45, 7) is 4.10. The summed E-state index contributed by atoms with van der Waals surface area (Å²) in [7, 11) is 0. The van der Waals surface area contributed by atoms with Crippen LogP contribution < -0.4 is 5.32 Å². The van der Waals surface area contributed by atoms with E-state index in [9.17, 15) is 4.79 Å². The number of alkyl halides is 1. The van der Waals surface area contributed by atoms with Gasteiger partial charge in [-0.1, -0.05) is 0 Å². The first-order valence-corrected chi connectivity index (χ1v) is 4.95. The third-order valence-electron chi connectivity index (χ3n) is 1.98. The van der Waals surface area contributed by atoms with Crippen molar-refractivity contribution in [3.63, 3.8) is 0 Å². The maximum absolute atomic E-state index is 11.6.